The SMILES string of the molecule is COCCOCCN(C)CCCN. The molecule has 4 heteroatoms. The smallest absolute Gasteiger partial charge is 0.0700 e. The monoisotopic (exact) mass is 190 g/mol. The van der Waals surface area contributed by atoms with Crippen LogP contribution in [0.1, 0.15) is 6.42 Å². The normalized spacial score (nSPS) is 11.1. The van der Waals surface area contributed by atoms with Crippen molar-refractivity contribution in [3.8, 4) is 0 Å². The van der Waals surface area contributed by atoms with Gasteiger partial charge in [0, 0.05) is 13.7 Å². The Bertz CT molecular complexity index is 102. The van der Waals surface area contributed by atoms with Gasteiger partial charge in [0.25, 0.3) is 0 Å². The van der Waals surface area contributed by atoms with Crippen molar-refractivity contribution >= 4 is 0 Å². The first-order valence-corrected chi connectivity index (χ1v) is 4.76. The molecule has 0 atom stereocenters. The number of likely N-dealkylation sites (N-methyl/N-ethyl adjacent to an activating group) is 1. The van der Waals surface area contributed by atoms with Crippen LogP contribution in [0.15, 0.2) is 0 Å². The lowest BCUT2D eigenvalue weighted by molar-refractivity contribution is 0.0606. The van der Waals surface area contributed by atoms with Crippen molar-refractivity contribution in [2.75, 3.05) is 53.6 Å². The van der Waals surface area contributed by atoms with Crippen LogP contribution in [0, 0.1) is 0 Å². The third-order valence-corrected chi connectivity index (χ3v) is 1.79. The number of ether oxygens (including phenoxy) is 2. The average molecular weight is 190 g/mol. The highest BCUT2D eigenvalue weighted by atomic mass is 16.5. The summed E-state index contributed by atoms with van der Waals surface area (Å²) in [5.41, 5.74) is 5.40. The van der Waals surface area contributed by atoms with E-state index in [1.807, 2.05) is 0 Å². The van der Waals surface area contributed by atoms with Crippen LogP contribution in [-0.4, -0.2) is 58.5 Å². The summed E-state index contributed by atoms with van der Waals surface area (Å²) in [6.07, 6.45) is 1.05. The summed E-state index contributed by atoms with van der Waals surface area (Å²) in [5, 5.41) is 0. The Hall–Kier alpha value is -0.160. The van der Waals surface area contributed by atoms with Crippen molar-refractivity contribution in [1.29, 1.82) is 0 Å². The van der Waals surface area contributed by atoms with Gasteiger partial charge in [-0.25, -0.2) is 0 Å². The summed E-state index contributed by atoms with van der Waals surface area (Å²) >= 11 is 0. The first kappa shape index (κ1) is 12.8. The summed E-state index contributed by atoms with van der Waals surface area (Å²) in [7, 11) is 3.76. The molecular formula is C9H22N2O2. The van der Waals surface area contributed by atoms with Crippen LogP contribution in [0.2, 0.25) is 0 Å². The fraction of sp³-hybridized carbons (Fsp3) is 1.00. The zero-order valence-corrected chi connectivity index (χ0v) is 8.79. The fourth-order valence-corrected chi connectivity index (χ4v) is 0.938. The first-order valence-electron chi connectivity index (χ1n) is 4.76. The molecule has 0 aromatic carbocycles. The molecule has 2 N–H and O–H groups in total. The summed E-state index contributed by atoms with van der Waals surface area (Å²) in [6.45, 7) is 4.89. The maximum Gasteiger partial charge on any atom is 0.0700 e. The zero-order valence-electron chi connectivity index (χ0n) is 8.79. The fourth-order valence-electron chi connectivity index (χ4n) is 0.938. The minimum atomic E-state index is 0.673. The molecule has 0 bridgehead atoms. The van der Waals surface area contributed by atoms with Gasteiger partial charge < -0.3 is 20.1 Å². The van der Waals surface area contributed by atoms with Gasteiger partial charge in [0.2, 0.25) is 0 Å². The highest BCUT2D eigenvalue weighted by molar-refractivity contribution is 4.50. The number of hydrogen-bond donors (Lipinski definition) is 1. The van der Waals surface area contributed by atoms with Crippen LogP contribution in [0.25, 0.3) is 0 Å². The second kappa shape index (κ2) is 9.92. The van der Waals surface area contributed by atoms with Crippen molar-refractivity contribution in [1.82, 2.24) is 4.90 Å². The molecule has 0 aliphatic carbocycles. The molecule has 0 aromatic heterocycles. The van der Waals surface area contributed by atoms with E-state index in [4.69, 9.17) is 15.2 Å². The third kappa shape index (κ3) is 9.76. The van der Waals surface area contributed by atoms with Crippen LogP contribution in [-0.2, 0) is 9.47 Å². The Morgan fingerprint density at radius 2 is 1.92 bits per heavy atom. The van der Waals surface area contributed by atoms with E-state index in [1.54, 1.807) is 7.11 Å². The van der Waals surface area contributed by atoms with Gasteiger partial charge in [-0.2, -0.15) is 0 Å². The molecule has 0 heterocycles. The lowest BCUT2D eigenvalue weighted by Crippen LogP contribution is -2.26. The van der Waals surface area contributed by atoms with Crippen molar-refractivity contribution in [3.05, 3.63) is 0 Å². The van der Waals surface area contributed by atoms with Gasteiger partial charge >= 0.3 is 0 Å². The van der Waals surface area contributed by atoms with E-state index in [0.717, 1.165) is 32.7 Å². The molecule has 0 aromatic rings. The molecule has 0 unspecified atom stereocenters. The van der Waals surface area contributed by atoms with Crippen molar-refractivity contribution in [2.24, 2.45) is 5.73 Å². The summed E-state index contributed by atoms with van der Waals surface area (Å²) in [4.78, 5) is 2.22. The van der Waals surface area contributed by atoms with E-state index >= 15 is 0 Å². The van der Waals surface area contributed by atoms with Crippen LogP contribution >= 0.6 is 0 Å². The minimum Gasteiger partial charge on any atom is -0.382 e. The number of rotatable bonds is 9. The van der Waals surface area contributed by atoms with E-state index < -0.39 is 0 Å². The van der Waals surface area contributed by atoms with E-state index in [9.17, 15) is 0 Å². The molecule has 0 saturated heterocycles. The molecule has 0 rings (SSSR count). The van der Waals surface area contributed by atoms with Crippen LogP contribution in [0.4, 0.5) is 0 Å². The lowest BCUT2D eigenvalue weighted by Gasteiger charge is -2.15. The van der Waals surface area contributed by atoms with E-state index in [2.05, 4.69) is 11.9 Å². The summed E-state index contributed by atoms with van der Waals surface area (Å²) in [6, 6.07) is 0. The van der Waals surface area contributed by atoms with Crippen LogP contribution in [0.5, 0.6) is 0 Å². The minimum absolute atomic E-state index is 0.673. The molecular weight excluding hydrogens is 168 g/mol. The standard InChI is InChI=1S/C9H22N2O2/c1-11(5-3-4-10)6-7-13-9-8-12-2/h3-10H2,1-2H3. The number of methoxy groups -OCH3 is 1. The largest absolute Gasteiger partial charge is 0.382 e. The third-order valence-electron chi connectivity index (χ3n) is 1.79. The Morgan fingerprint density at radius 1 is 1.15 bits per heavy atom. The van der Waals surface area contributed by atoms with E-state index in [-0.39, 0.29) is 0 Å². The Morgan fingerprint density at radius 3 is 2.54 bits per heavy atom. The zero-order chi connectivity index (χ0) is 9.94. The van der Waals surface area contributed by atoms with Gasteiger partial charge in [-0.3, -0.25) is 0 Å². The van der Waals surface area contributed by atoms with Crippen molar-refractivity contribution < 1.29 is 9.47 Å². The molecule has 0 radical (unpaired) electrons. The van der Waals surface area contributed by atoms with Gasteiger partial charge in [0.15, 0.2) is 0 Å². The topological polar surface area (TPSA) is 47.7 Å². The Balaban J connectivity index is 3.03. The molecule has 0 fully saturated rings. The van der Waals surface area contributed by atoms with Crippen molar-refractivity contribution in [3.63, 3.8) is 0 Å². The molecule has 80 valence electrons. The number of hydrogen-bond acceptors (Lipinski definition) is 4. The molecule has 4 nitrogen and oxygen atoms in total. The highest BCUT2D eigenvalue weighted by Crippen LogP contribution is 1.86. The summed E-state index contributed by atoms with van der Waals surface area (Å²) in [5.74, 6) is 0. The lowest BCUT2D eigenvalue weighted by atomic mass is 10.4. The number of nitrogens with zero attached hydrogens (tertiary/aromatic N) is 1. The average Bonchev–Trinajstić information content (AvgIpc) is 2.14. The van der Waals surface area contributed by atoms with Gasteiger partial charge in [-0.05, 0) is 26.6 Å². The molecule has 0 spiro atoms. The molecule has 0 saturated carbocycles. The Labute approximate surface area is 81.0 Å². The predicted molar refractivity (Wildman–Crippen MR) is 53.9 cm³/mol. The van der Waals surface area contributed by atoms with Gasteiger partial charge in [-0.15, -0.1) is 0 Å². The maximum atomic E-state index is 5.40. The molecule has 0 amide bonds. The molecule has 13 heavy (non-hydrogen) atoms. The van der Waals surface area contributed by atoms with Gasteiger partial charge in [-0.1, -0.05) is 0 Å². The van der Waals surface area contributed by atoms with E-state index in [0.29, 0.717) is 13.2 Å². The van der Waals surface area contributed by atoms with Gasteiger partial charge in [0.05, 0.1) is 19.8 Å². The first-order chi connectivity index (χ1) is 6.31. The van der Waals surface area contributed by atoms with Crippen molar-refractivity contribution in [2.45, 2.75) is 6.42 Å². The van der Waals surface area contributed by atoms with Gasteiger partial charge in [0.1, 0.15) is 0 Å². The molecule has 0 aliphatic heterocycles. The second-order valence-corrected chi connectivity index (χ2v) is 3.05. The quantitative estimate of drug-likeness (QED) is 0.517. The maximum absolute atomic E-state index is 5.40. The summed E-state index contributed by atoms with van der Waals surface area (Å²) < 4.78 is 10.2. The highest BCUT2D eigenvalue weighted by Gasteiger charge is 1.96. The second-order valence-electron chi connectivity index (χ2n) is 3.05. The predicted octanol–water partition coefficient (Wildman–Crippen LogP) is -0.0700. The van der Waals surface area contributed by atoms with Crippen LogP contribution < -0.4 is 5.73 Å². The Kier molecular flexibility index (Phi) is 9.80. The molecule has 0 aliphatic rings. The van der Waals surface area contributed by atoms with Crippen LogP contribution in [0.3, 0.4) is 0 Å². The van der Waals surface area contributed by atoms with E-state index in [1.165, 1.54) is 0 Å². The number of nitrogens with two attached hydrogens (primary N) is 1.